The Morgan fingerprint density at radius 1 is 1.44 bits per heavy atom. The summed E-state index contributed by atoms with van der Waals surface area (Å²) in [7, 11) is 0. The number of piperidine rings is 1. The van der Waals surface area contributed by atoms with Gasteiger partial charge in [0.15, 0.2) is 5.82 Å². The zero-order chi connectivity index (χ0) is 11.5. The summed E-state index contributed by atoms with van der Waals surface area (Å²) in [6, 6.07) is 0.341. The molecule has 0 amide bonds. The molecule has 1 aromatic rings. The maximum Gasteiger partial charge on any atom is 0.225 e. The lowest BCUT2D eigenvalue weighted by Gasteiger charge is -2.37. The van der Waals surface area contributed by atoms with Crippen LogP contribution in [0.5, 0.6) is 0 Å². The van der Waals surface area contributed by atoms with E-state index in [9.17, 15) is 4.39 Å². The molecule has 0 bridgehead atoms. The first kappa shape index (κ1) is 11.3. The number of aromatic nitrogens is 2. The predicted molar refractivity (Wildman–Crippen MR) is 60.6 cm³/mol. The highest BCUT2D eigenvalue weighted by atomic mass is 19.1. The van der Waals surface area contributed by atoms with Gasteiger partial charge in [-0.1, -0.05) is 0 Å². The van der Waals surface area contributed by atoms with Crippen molar-refractivity contribution in [2.45, 2.75) is 38.3 Å². The third-order valence-electron chi connectivity index (χ3n) is 3.02. The highest BCUT2D eigenvalue weighted by Crippen LogP contribution is 2.22. The van der Waals surface area contributed by atoms with Crippen molar-refractivity contribution in [1.82, 2.24) is 9.97 Å². The second-order valence-electron chi connectivity index (χ2n) is 4.32. The topological polar surface area (TPSA) is 55.0 Å². The Morgan fingerprint density at radius 2 is 2.12 bits per heavy atom. The Kier molecular flexibility index (Phi) is 3.33. The molecular weight excluding hydrogens is 207 g/mol. The van der Waals surface area contributed by atoms with Crippen molar-refractivity contribution < 1.29 is 4.39 Å². The third kappa shape index (κ3) is 2.29. The normalized spacial score (nSPS) is 23.2. The molecule has 0 radical (unpaired) electrons. The van der Waals surface area contributed by atoms with E-state index in [-0.39, 0.29) is 12.1 Å². The number of hydrogen-bond donors (Lipinski definition) is 1. The SMILES string of the molecule is CC(N)C1CCCCN1c1ncc(F)cn1. The molecule has 0 spiro atoms. The maximum atomic E-state index is 12.7. The number of nitrogens with zero attached hydrogens (tertiary/aromatic N) is 3. The standard InChI is InChI=1S/C11H17FN4/c1-8(13)10-4-2-3-5-16(10)11-14-6-9(12)7-15-11/h6-8,10H,2-5,13H2,1H3. The average molecular weight is 224 g/mol. The number of nitrogens with two attached hydrogens (primary N) is 1. The summed E-state index contributed by atoms with van der Waals surface area (Å²) in [6.45, 7) is 2.89. The zero-order valence-corrected chi connectivity index (χ0v) is 9.43. The molecule has 16 heavy (non-hydrogen) atoms. The smallest absolute Gasteiger partial charge is 0.225 e. The van der Waals surface area contributed by atoms with E-state index in [4.69, 9.17) is 5.73 Å². The van der Waals surface area contributed by atoms with E-state index < -0.39 is 5.82 Å². The van der Waals surface area contributed by atoms with Gasteiger partial charge in [-0.3, -0.25) is 0 Å². The van der Waals surface area contributed by atoms with Gasteiger partial charge in [-0.05, 0) is 26.2 Å². The minimum atomic E-state index is -0.405. The van der Waals surface area contributed by atoms with Gasteiger partial charge >= 0.3 is 0 Å². The molecule has 1 aliphatic rings. The Hall–Kier alpha value is -1.23. The van der Waals surface area contributed by atoms with Crippen LogP contribution < -0.4 is 10.6 Å². The fourth-order valence-electron chi connectivity index (χ4n) is 2.21. The number of anilines is 1. The maximum absolute atomic E-state index is 12.7. The van der Waals surface area contributed by atoms with Crippen molar-refractivity contribution in [3.8, 4) is 0 Å². The molecule has 1 aliphatic heterocycles. The third-order valence-corrected chi connectivity index (χ3v) is 3.02. The monoisotopic (exact) mass is 224 g/mol. The highest BCUT2D eigenvalue weighted by Gasteiger charge is 2.27. The minimum absolute atomic E-state index is 0.0777. The van der Waals surface area contributed by atoms with Gasteiger partial charge in [0.05, 0.1) is 12.4 Å². The van der Waals surface area contributed by atoms with Crippen molar-refractivity contribution in [2.75, 3.05) is 11.4 Å². The Bertz CT molecular complexity index is 338. The van der Waals surface area contributed by atoms with Gasteiger partial charge in [-0.15, -0.1) is 0 Å². The molecule has 2 unspecified atom stereocenters. The van der Waals surface area contributed by atoms with E-state index in [0.29, 0.717) is 5.95 Å². The second-order valence-corrected chi connectivity index (χ2v) is 4.32. The van der Waals surface area contributed by atoms with E-state index in [1.807, 2.05) is 6.92 Å². The molecule has 4 nitrogen and oxygen atoms in total. The molecule has 5 heteroatoms. The van der Waals surface area contributed by atoms with Gasteiger partial charge < -0.3 is 10.6 Å². The molecule has 1 saturated heterocycles. The van der Waals surface area contributed by atoms with E-state index in [1.165, 1.54) is 18.8 Å². The summed E-state index contributed by atoms with van der Waals surface area (Å²) in [4.78, 5) is 10.1. The van der Waals surface area contributed by atoms with Gasteiger partial charge in [0.2, 0.25) is 5.95 Å². The van der Waals surface area contributed by atoms with E-state index in [1.54, 1.807) is 0 Å². The van der Waals surface area contributed by atoms with Crippen LogP contribution in [0.4, 0.5) is 10.3 Å². The van der Waals surface area contributed by atoms with Gasteiger partial charge in [0, 0.05) is 18.6 Å². The molecule has 0 aromatic carbocycles. The largest absolute Gasteiger partial charge is 0.336 e. The molecular formula is C11H17FN4. The lowest BCUT2D eigenvalue weighted by molar-refractivity contribution is 0.407. The second kappa shape index (κ2) is 4.74. The first-order valence-electron chi connectivity index (χ1n) is 5.68. The Labute approximate surface area is 94.7 Å². The molecule has 2 N–H and O–H groups in total. The number of halogens is 1. The Morgan fingerprint density at radius 3 is 2.75 bits per heavy atom. The Balaban J connectivity index is 2.19. The predicted octanol–water partition coefficient (Wildman–Crippen LogP) is 1.32. The summed E-state index contributed by atoms with van der Waals surface area (Å²) in [5.74, 6) is 0.182. The zero-order valence-electron chi connectivity index (χ0n) is 9.43. The van der Waals surface area contributed by atoms with Crippen LogP contribution in [-0.4, -0.2) is 28.6 Å². The van der Waals surface area contributed by atoms with Crippen LogP contribution in [0.25, 0.3) is 0 Å². The quantitative estimate of drug-likeness (QED) is 0.823. The van der Waals surface area contributed by atoms with Crippen LogP contribution in [0.15, 0.2) is 12.4 Å². The van der Waals surface area contributed by atoms with Gasteiger partial charge in [-0.2, -0.15) is 0 Å². The summed E-state index contributed by atoms with van der Waals surface area (Å²) in [5.41, 5.74) is 5.95. The van der Waals surface area contributed by atoms with Crippen molar-refractivity contribution in [3.05, 3.63) is 18.2 Å². The van der Waals surface area contributed by atoms with Gasteiger partial charge in [-0.25, -0.2) is 14.4 Å². The van der Waals surface area contributed by atoms with Crippen molar-refractivity contribution in [1.29, 1.82) is 0 Å². The fraction of sp³-hybridized carbons (Fsp3) is 0.636. The first-order valence-corrected chi connectivity index (χ1v) is 5.68. The summed E-state index contributed by atoms with van der Waals surface area (Å²) < 4.78 is 12.7. The average Bonchev–Trinajstić information content (AvgIpc) is 2.30. The van der Waals surface area contributed by atoms with Gasteiger partial charge in [0.25, 0.3) is 0 Å². The van der Waals surface area contributed by atoms with Crippen LogP contribution >= 0.6 is 0 Å². The molecule has 1 aromatic heterocycles. The highest BCUT2D eigenvalue weighted by molar-refractivity contribution is 5.32. The molecule has 0 aliphatic carbocycles. The lowest BCUT2D eigenvalue weighted by atomic mass is 9.97. The number of hydrogen-bond acceptors (Lipinski definition) is 4. The van der Waals surface area contributed by atoms with Crippen LogP contribution in [0.1, 0.15) is 26.2 Å². The summed E-state index contributed by atoms with van der Waals surface area (Å²) >= 11 is 0. The van der Waals surface area contributed by atoms with E-state index in [2.05, 4.69) is 14.9 Å². The van der Waals surface area contributed by atoms with Crippen LogP contribution in [0.3, 0.4) is 0 Å². The summed E-state index contributed by atoms with van der Waals surface area (Å²) in [5, 5.41) is 0. The van der Waals surface area contributed by atoms with Crippen molar-refractivity contribution in [3.63, 3.8) is 0 Å². The van der Waals surface area contributed by atoms with E-state index in [0.717, 1.165) is 19.4 Å². The van der Waals surface area contributed by atoms with Gasteiger partial charge in [0.1, 0.15) is 0 Å². The molecule has 2 heterocycles. The fourth-order valence-corrected chi connectivity index (χ4v) is 2.21. The van der Waals surface area contributed by atoms with Crippen LogP contribution in [0.2, 0.25) is 0 Å². The molecule has 0 saturated carbocycles. The molecule has 88 valence electrons. The lowest BCUT2D eigenvalue weighted by Crippen LogP contribution is -2.50. The van der Waals surface area contributed by atoms with Crippen LogP contribution in [-0.2, 0) is 0 Å². The van der Waals surface area contributed by atoms with E-state index >= 15 is 0 Å². The first-order chi connectivity index (χ1) is 7.68. The summed E-state index contributed by atoms with van der Waals surface area (Å²) in [6.07, 6.45) is 5.76. The molecule has 1 fully saturated rings. The minimum Gasteiger partial charge on any atom is -0.336 e. The van der Waals surface area contributed by atoms with Crippen molar-refractivity contribution in [2.24, 2.45) is 5.73 Å². The van der Waals surface area contributed by atoms with Crippen LogP contribution in [0, 0.1) is 5.82 Å². The van der Waals surface area contributed by atoms with Crippen molar-refractivity contribution >= 4 is 5.95 Å². The molecule has 2 atom stereocenters. The number of rotatable bonds is 2. The molecule has 2 rings (SSSR count).